The molecule has 0 unspecified atom stereocenters. The molecule has 3 aromatic rings. The van der Waals surface area contributed by atoms with Crippen LogP contribution in [0, 0.1) is 0 Å². The number of carbonyl (C=O) groups is 1. The second-order valence-electron chi connectivity index (χ2n) is 7.43. The van der Waals surface area contributed by atoms with Crippen molar-refractivity contribution in [3.05, 3.63) is 64.1 Å². The molecule has 0 radical (unpaired) electrons. The Hall–Kier alpha value is -2.81. The highest BCUT2D eigenvalue weighted by atomic mass is 35.5. The van der Waals surface area contributed by atoms with Gasteiger partial charge in [-0.25, -0.2) is 4.98 Å². The molecule has 1 aromatic heterocycles. The summed E-state index contributed by atoms with van der Waals surface area (Å²) in [6.45, 7) is 4.10. The maximum atomic E-state index is 12.9. The molecule has 9 heteroatoms. The molecule has 7 nitrogen and oxygen atoms in total. The first kappa shape index (κ1) is 20.1. The molecule has 1 saturated heterocycles. The Kier molecular flexibility index (Phi) is 5.67. The summed E-state index contributed by atoms with van der Waals surface area (Å²) in [6.07, 6.45) is 0. The Morgan fingerprint density at radius 2 is 1.94 bits per heavy atom. The number of hydrogen-bond donors (Lipinski definition) is 1. The van der Waals surface area contributed by atoms with E-state index in [0.717, 1.165) is 36.8 Å². The van der Waals surface area contributed by atoms with Crippen LogP contribution in [0.1, 0.15) is 16.1 Å². The fourth-order valence-electron chi connectivity index (χ4n) is 3.69. The van der Waals surface area contributed by atoms with Crippen molar-refractivity contribution in [2.24, 2.45) is 0 Å². The van der Waals surface area contributed by atoms with E-state index >= 15 is 0 Å². The Bertz CT molecular complexity index is 1100. The molecule has 5 rings (SSSR count). The van der Waals surface area contributed by atoms with Crippen LogP contribution in [0.5, 0.6) is 11.5 Å². The summed E-state index contributed by atoms with van der Waals surface area (Å²) in [4.78, 5) is 21.6. The lowest BCUT2D eigenvalue weighted by Gasteiger charge is -2.34. The van der Waals surface area contributed by atoms with E-state index in [1.54, 1.807) is 5.38 Å². The number of piperazine rings is 1. The number of thiazole rings is 1. The minimum absolute atomic E-state index is 0.0295. The fourth-order valence-corrected chi connectivity index (χ4v) is 4.58. The van der Waals surface area contributed by atoms with Crippen LogP contribution in [0.3, 0.4) is 0 Å². The molecule has 31 heavy (non-hydrogen) atoms. The van der Waals surface area contributed by atoms with Gasteiger partial charge in [0.05, 0.1) is 0 Å². The van der Waals surface area contributed by atoms with Gasteiger partial charge in [0.2, 0.25) is 6.79 Å². The van der Waals surface area contributed by atoms with E-state index < -0.39 is 0 Å². The monoisotopic (exact) mass is 456 g/mol. The summed E-state index contributed by atoms with van der Waals surface area (Å²) in [5, 5.41) is 6.32. The lowest BCUT2D eigenvalue weighted by molar-refractivity contribution is 0.0623. The van der Waals surface area contributed by atoms with E-state index in [1.165, 1.54) is 16.9 Å². The van der Waals surface area contributed by atoms with Crippen LogP contribution in [0.15, 0.2) is 47.8 Å². The molecular formula is C22H21ClN4O3S. The van der Waals surface area contributed by atoms with Gasteiger partial charge in [-0.05, 0) is 35.9 Å². The molecule has 0 spiro atoms. The summed E-state index contributed by atoms with van der Waals surface area (Å²) in [7, 11) is 0. The van der Waals surface area contributed by atoms with Gasteiger partial charge in [0, 0.05) is 48.8 Å². The first-order valence-corrected chi connectivity index (χ1v) is 11.3. The van der Waals surface area contributed by atoms with Gasteiger partial charge in [0.15, 0.2) is 16.6 Å². The van der Waals surface area contributed by atoms with Gasteiger partial charge >= 0.3 is 0 Å². The maximum absolute atomic E-state index is 12.9. The topological polar surface area (TPSA) is 66.9 Å². The molecule has 160 valence electrons. The van der Waals surface area contributed by atoms with Gasteiger partial charge in [0.25, 0.3) is 5.91 Å². The third-order valence-corrected chi connectivity index (χ3v) is 6.29. The molecule has 1 fully saturated rings. The molecular weight excluding hydrogens is 436 g/mol. The van der Waals surface area contributed by atoms with E-state index in [9.17, 15) is 4.79 Å². The Labute approximate surface area is 189 Å². The zero-order valence-corrected chi connectivity index (χ0v) is 18.3. The average molecular weight is 457 g/mol. The van der Waals surface area contributed by atoms with Crippen LogP contribution in [0.2, 0.25) is 5.02 Å². The van der Waals surface area contributed by atoms with Crippen molar-refractivity contribution in [3.63, 3.8) is 0 Å². The highest BCUT2D eigenvalue weighted by molar-refractivity contribution is 7.14. The van der Waals surface area contributed by atoms with Crippen molar-refractivity contribution in [3.8, 4) is 11.5 Å². The summed E-state index contributed by atoms with van der Waals surface area (Å²) in [5.41, 5.74) is 2.50. The number of amides is 1. The molecule has 1 amide bonds. The van der Waals surface area contributed by atoms with Crippen LogP contribution in [-0.4, -0.2) is 53.7 Å². The predicted molar refractivity (Wildman–Crippen MR) is 121 cm³/mol. The van der Waals surface area contributed by atoms with E-state index in [0.29, 0.717) is 28.9 Å². The first-order valence-electron chi connectivity index (χ1n) is 10.0. The Morgan fingerprint density at radius 3 is 2.77 bits per heavy atom. The van der Waals surface area contributed by atoms with E-state index in [2.05, 4.69) is 21.3 Å². The van der Waals surface area contributed by atoms with Gasteiger partial charge in [-0.15, -0.1) is 11.3 Å². The fraction of sp³-hybridized carbons (Fsp3) is 0.273. The molecule has 2 aromatic carbocycles. The highest BCUT2D eigenvalue weighted by Crippen LogP contribution is 2.33. The molecule has 2 aliphatic rings. The lowest BCUT2D eigenvalue weighted by atomic mass is 10.1. The van der Waals surface area contributed by atoms with Gasteiger partial charge in [0.1, 0.15) is 5.69 Å². The molecule has 0 atom stereocenters. The number of aromatic nitrogens is 1. The summed E-state index contributed by atoms with van der Waals surface area (Å²) in [5.74, 6) is 1.57. The molecule has 0 saturated carbocycles. The lowest BCUT2D eigenvalue weighted by Crippen LogP contribution is -2.48. The van der Waals surface area contributed by atoms with E-state index in [4.69, 9.17) is 21.1 Å². The van der Waals surface area contributed by atoms with Gasteiger partial charge in [-0.2, -0.15) is 0 Å². The summed E-state index contributed by atoms with van der Waals surface area (Å²) >= 11 is 7.43. The number of nitrogens with one attached hydrogen (secondary N) is 1. The molecule has 0 bridgehead atoms. The van der Waals surface area contributed by atoms with E-state index in [-0.39, 0.29) is 12.7 Å². The minimum atomic E-state index is -0.0295. The number of benzene rings is 2. The Morgan fingerprint density at radius 1 is 1.10 bits per heavy atom. The number of halogens is 1. The van der Waals surface area contributed by atoms with Crippen LogP contribution >= 0.6 is 22.9 Å². The highest BCUT2D eigenvalue weighted by Gasteiger charge is 2.24. The van der Waals surface area contributed by atoms with Crippen molar-refractivity contribution >= 4 is 39.7 Å². The number of ether oxygens (including phenoxy) is 2. The molecule has 1 N–H and O–H groups in total. The standard InChI is InChI=1S/C22H21ClN4O3S/c23-16-2-1-3-17(11-16)24-22-25-18(13-31-22)21(28)27-8-6-26(7-9-27)12-15-4-5-19-20(10-15)30-14-29-19/h1-5,10-11,13H,6-9,12,14H2,(H,24,25). The molecule has 2 aliphatic heterocycles. The number of rotatable bonds is 5. The quantitative estimate of drug-likeness (QED) is 0.619. The third-order valence-electron chi connectivity index (χ3n) is 5.30. The Balaban J connectivity index is 1.15. The van der Waals surface area contributed by atoms with Gasteiger partial charge in [-0.3, -0.25) is 9.69 Å². The van der Waals surface area contributed by atoms with Crippen molar-refractivity contribution in [1.29, 1.82) is 0 Å². The minimum Gasteiger partial charge on any atom is -0.454 e. The number of fused-ring (bicyclic) bond motifs is 1. The van der Waals surface area contributed by atoms with Gasteiger partial charge < -0.3 is 19.7 Å². The first-order chi connectivity index (χ1) is 15.1. The molecule has 3 heterocycles. The van der Waals surface area contributed by atoms with Crippen LogP contribution in [-0.2, 0) is 6.54 Å². The van der Waals surface area contributed by atoms with Gasteiger partial charge in [-0.1, -0.05) is 23.7 Å². The summed E-state index contributed by atoms with van der Waals surface area (Å²) in [6, 6.07) is 13.5. The van der Waals surface area contributed by atoms with Crippen LogP contribution < -0.4 is 14.8 Å². The third kappa shape index (κ3) is 4.61. The zero-order valence-electron chi connectivity index (χ0n) is 16.7. The maximum Gasteiger partial charge on any atom is 0.273 e. The average Bonchev–Trinajstić information content (AvgIpc) is 3.43. The number of hydrogen-bond acceptors (Lipinski definition) is 7. The van der Waals surface area contributed by atoms with Crippen molar-refractivity contribution in [1.82, 2.24) is 14.8 Å². The smallest absolute Gasteiger partial charge is 0.273 e. The second-order valence-corrected chi connectivity index (χ2v) is 8.72. The van der Waals surface area contributed by atoms with Crippen LogP contribution in [0.25, 0.3) is 0 Å². The SMILES string of the molecule is O=C(c1csc(Nc2cccc(Cl)c2)n1)N1CCN(Cc2ccc3c(c2)OCO3)CC1. The molecule has 0 aliphatic carbocycles. The number of nitrogens with zero attached hydrogens (tertiary/aromatic N) is 3. The summed E-state index contributed by atoms with van der Waals surface area (Å²) < 4.78 is 10.8. The van der Waals surface area contributed by atoms with Crippen molar-refractivity contribution < 1.29 is 14.3 Å². The largest absolute Gasteiger partial charge is 0.454 e. The van der Waals surface area contributed by atoms with Crippen LogP contribution in [0.4, 0.5) is 10.8 Å². The number of anilines is 2. The van der Waals surface area contributed by atoms with Crippen molar-refractivity contribution in [2.45, 2.75) is 6.54 Å². The van der Waals surface area contributed by atoms with Crippen molar-refractivity contribution in [2.75, 3.05) is 38.3 Å². The predicted octanol–water partition coefficient (Wildman–Crippen LogP) is 4.23. The normalized spacial score (nSPS) is 15.8. The second kappa shape index (κ2) is 8.74. The number of carbonyl (C=O) groups excluding carboxylic acids is 1. The zero-order chi connectivity index (χ0) is 21.2. The van der Waals surface area contributed by atoms with E-state index in [1.807, 2.05) is 41.3 Å².